The van der Waals surface area contributed by atoms with Gasteiger partial charge in [-0.3, -0.25) is 9.58 Å². The molecule has 0 spiro atoms. The number of rotatable bonds is 7. The predicted octanol–water partition coefficient (Wildman–Crippen LogP) is 3.71. The molecule has 198 valence electrons. The number of carbonyl (C=O) groups is 1. The van der Waals surface area contributed by atoms with E-state index >= 15 is 0 Å². The van der Waals surface area contributed by atoms with Gasteiger partial charge in [-0.1, -0.05) is 0 Å². The number of aldehydes is 1. The lowest BCUT2D eigenvalue weighted by molar-refractivity contribution is -0.274. The second-order valence-corrected chi connectivity index (χ2v) is 9.19. The summed E-state index contributed by atoms with van der Waals surface area (Å²) >= 11 is 0. The number of benzene rings is 1. The SMILES string of the molecule is Cc1cc(-c2cn(-c3ccc(OC(F)(F)F)cc3)cn2)nn1Cc1ccnc(N2CCN(C)C(C=O)C2)c1. The third-order valence-electron chi connectivity index (χ3n) is 6.51. The Bertz CT molecular complexity index is 1410. The highest BCUT2D eigenvalue weighted by molar-refractivity contribution is 5.60. The van der Waals surface area contributed by atoms with Gasteiger partial charge in [-0.05, 0) is 62.0 Å². The number of nitrogens with zero attached hydrogens (tertiary/aromatic N) is 7. The molecule has 5 rings (SSSR count). The topological polar surface area (TPSA) is 81.3 Å². The van der Waals surface area contributed by atoms with Gasteiger partial charge in [-0.15, -0.1) is 13.2 Å². The summed E-state index contributed by atoms with van der Waals surface area (Å²) in [5, 5.41) is 4.72. The lowest BCUT2D eigenvalue weighted by Crippen LogP contribution is -2.52. The summed E-state index contributed by atoms with van der Waals surface area (Å²) in [7, 11) is 1.95. The fraction of sp³-hybridized carbons (Fsp3) is 0.308. The van der Waals surface area contributed by atoms with Gasteiger partial charge in [0.2, 0.25) is 0 Å². The number of alkyl halides is 3. The summed E-state index contributed by atoms with van der Waals surface area (Å²) in [5.74, 6) is 0.546. The molecule has 1 aliphatic rings. The van der Waals surface area contributed by atoms with Crippen LogP contribution in [0.4, 0.5) is 19.0 Å². The number of aromatic nitrogens is 5. The minimum absolute atomic E-state index is 0.156. The predicted molar refractivity (Wildman–Crippen MR) is 134 cm³/mol. The number of pyridine rings is 1. The summed E-state index contributed by atoms with van der Waals surface area (Å²) in [6.45, 7) is 4.68. The van der Waals surface area contributed by atoms with Crippen molar-refractivity contribution in [2.75, 3.05) is 31.6 Å². The van der Waals surface area contributed by atoms with Gasteiger partial charge in [0.15, 0.2) is 0 Å². The van der Waals surface area contributed by atoms with E-state index in [9.17, 15) is 18.0 Å². The molecule has 12 heteroatoms. The highest BCUT2D eigenvalue weighted by atomic mass is 19.4. The van der Waals surface area contributed by atoms with Crippen molar-refractivity contribution >= 4 is 12.1 Å². The van der Waals surface area contributed by atoms with Gasteiger partial charge in [0.1, 0.15) is 29.2 Å². The summed E-state index contributed by atoms with van der Waals surface area (Å²) in [6.07, 6.45) is 1.37. The molecule has 1 unspecified atom stereocenters. The van der Waals surface area contributed by atoms with Gasteiger partial charge in [0.05, 0.1) is 18.9 Å². The van der Waals surface area contributed by atoms with E-state index in [0.29, 0.717) is 30.2 Å². The van der Waals surface area contributed by atoms with Crippen molar-refractivity contribution in [2.24, 2.45) is 0 Å². The normalized spacial score (nSPS) is 16.6. The highest BCUT2D eigenvalue weighted by Crippen LogP contribution is 2.25. The number of anilines is 1. The zero-order valence-electron chi connectivity index (χ0n) is 20.8. The third-order valence-corrected chi connectivity index (χ3v) is 6.51. The summed E-state index contributed by atoms with van der Waals surface area (Å²) in [5.41, 5.74) is 3.93. The standard InChI is InChI=1S/C26H26F3N7O2/c1-18-11-23(24-15-35(17-31-24)20-3-5-22(6-4-20)38-26(27,28)29)32-36(18)13-19-7-8-30-25(12-19)34-10-9-33(2)21(14-34)16-37/h3-8,11-12,15-17,21H,9-10,13-14H2,1-2H3. The van der Waals surface area contributed by atoms with E-state index in [2.05, 4.69) is 19.6 Å². The number of hydrogen-bond donors (Lipinski definition) is 0. The molecule has 4 heterocycles. The second-order valence-electron chi connectivity index (χ2n) is 9.19. The number of likely N-dealkylation sites (N-methyl/N-ethyl adjacent to an activating group) is 1. The van der Waals surface area contributed by atoms with Crippen LogP contribution in [0.5, 0.6) is 5.75 Å². The van der Waals surface area contributed by atoms with Gasteiger partial charge < -0.3 is 19.0 Å². The van der Waals surface area contributed by atoms with Gasteiger partial charge in [0, 0.05) is 43.4 Å². The fourth-order valence-corrected chi connectivity index (χ4v) is 4.37. The third kappa shape index (κ3) is 5.70. The maximum atomic E-state index is 12.4. The fourth-order valence-electron chi connectivity index (χ4n) is 4.37. The Balaban J connectivity index is 1.29. The van der Waals surface area contributed by atoms with Crippen LogP contribution in [0.1, 0.15) is 11.3 Å². The molecule has 0 bridgehead atoms. The number of ether oxygens (including phenoxy) is 1. The summed E-state index contributed by atoms with van der Waals surface area (Å²) in [6, 6.07) is 11.3. The van der Waals surface area contributed by atoms with Crippen LogP contribution in [-0.2, 0) is 11.3 Å². The maximum absolute atomic E-state index is 12.4. The molecule has 4 aromatic rings. The zero-order valence-corrected chi connectivity index (χ0v) is 20.8. The molecule has 1 aromatic carbocycles. The van der Waals surface area contributed by atoms with Crippen molar-refractivity contribution in [2.45, 2.75) is 25.9 Å². The van der Waals surface area contributed by atoms with Crippen molar-refractivity contribution in [3.8, 4) is 22.8 Å². The molecule has 1 saturated heterocycles. The first-order chi connectivity index (χ1) is 18.2. The average Bonchev–Trinajstić information content (AvgIpc) is 3.51. The van der Waals surface area contributed by atoms with Gasteiger partial charge >= 0.3 is 6.36 Å². The molecular formula is C26H26F3N7O2. The lowest BCUT2D eigenvalue weighted by atomic mass is 10.2. The van der Waals surface area contributed by atoms with Crippen LogP contribution < -0.4 is 9.64 Å². The van der Waals surface area contributed by atoms with Crippen LogP contribution in [0.3, 0.4) is 0 Å². The van der Waals surface area contributed by atoms with Crippen molar-refractivity contribution < 1.29 is 22.7 Å². The highest BCUT2D eigenvalue weighted by Gasteiger charge is 2.31. The molecule has 1 fully saturated rings. The molecule has 0 radical (unpaired) electrons. The van der Waals surface area contributed by atoms with Crippen LogP contribution in [0, 0.1) is 6.92 Å². The molecule has 0 amide bonds. The van der Waals surface area contributed by atoms with Crippen molar-refractivity contribution in [1.29, 1.82) is 0 Å². The summed E-state index contributed by atoms with van der Waals surface area (Å²) < 4.78 is 44.7. The van der Waals surface area contributed by atoms with Crippen LogP contribution in [0.15, 0.2) is 61.2 Å². The molecule has 0 N–H and O–H groups in total. The second kappa shape index (κ2) is 10.3. The van der Waals surface area contributed by atoms with Gasteiger partial charge in [0.25, 0.3) is 0 Å². The van der Waals surface area contributed by atoms with E-state index in [1.54, 1.807) is 23.3 Å². The Labute approximate surface area is 217 Å². The van der Waals surface area contributed by atoms with Gasteiger partial charge in [-0.2, -0.15) is 5.10 Å². The molecular weight excluding hydrogens is 499 g/mol. The smallest absolute Gasteiger partial charge is 0.406 e. The number of aryl methyl sites for hydroxylation is 1. The molecule has 0 aliphatic carbocycles. The number of carbonyl (C=O) groups excluding carboxylic acids is 1. The summed E-state index contributed by atoms with van der Waals surface area (Å²) in [4.78, 5) is 24.5. The zero-order chi connectivity index (χ0) is 26.9. The van der Waals surface area contributed by atoms with Crippen LogP contribution >= 0.6 is 0 Å². The van der Waals surface area contributed by atoms with E-state index in [1.807, 2.05) is 41.8 Å². The van der Waals surface area contributed by atoms with Crippen molar-refractivity contribution in [3.63, 3.8) is 0 Å². The Kier molecular flexibility index (Phi) is 6.89. The Morgan fingerprint density at radius 3 is 2.61 bits per heavy atom. The number of imidazole rings is 1. The van der Waals surface area contributed by atoms with E-state index < -0.39 is 6.36 Å². The number of halogens is 3. The van der Waals surface area contributed by atoms with Crippen LogP contribution in [0.2, 0.25) is 0 Å². The molecule has 38 heavy (non-hydrogen) atoms. The molecule has 3 aromatic heterocycles. The Hall–Kier alpha value is -4.19. The first kappa shape index (κ1) is 25.5. The quantitative estimate of drug-likeness (QED) is 0.341. The van der Waals surface area contributed by atoms with Crippen LogP contribution in [-0.4, -0.2) is 74.6 Å². The number of hydrogen-bond acceptors (Lipinski definition) is 7. The Morgan fingerprint density at radius 1 is 1.08 bits per heavy atom. The minimum atomic E-state index is -4.73. The number of piperazine rings is 1. The van der Waals surface area contributed by atoms with E-state index in [-0.39, 0.29) is 11.8 Å². The first-order valence-electron chi connectivity index (χ1n) is 12.0. The van der Waals surface area contributed by atoms with E-state index in [4.69, 9.17) is 5.10 Å². The van der Waals surface area contributed by atoms with Crippen molar-refractivity contribution in [1.82, 2.24) is 29.2 Å². The molecule has 0 saturated carbocycles. The van der Waals surface area contributed by atoms with E-state index in [0.717, 1.165) is 36.5 Å². The van der Waals surface area contributed by atoms with E-state index in [1.165, 1.54) is 24.3 Å². The Morgan fingerprint density at radius 2 is 1.87 bits per heavy atom. The average molecular weight is 526 g/mol. The van der Waals surface area contributed by atoms with Gasteiger partial charge in [-0.25, -0.2) is 9.97 Å². The maximum Gasteiger partial charge on any atom is 0.573 e. The molecule has 1 aliphatic heterocycles. The monoisotopic (exact) mass is 525 g/mol. The van der Waals surface area contributed by atoms with Crippen molar-refractivity contribution in [3.05, 3.63) is 72.4 Å². The lowest BCUT2D eigenvalue weighted by Gasteiger charge is -2.37. The van der Waals surface area contributed by atoms with Crippen LogP contribution in [0.25, 0.3) is 17.1 Å². The largest absolute Gasteiger partial charge is 0.573 e. The minimum Gasteiger partial charge on any atom is -0.406 e. The molecule has 1 atom stereocenters. The molecule has 9 nitrogen and oxygen atoms in total. The first-order valence-corrected chi connectivity index (χ1v) is 12.0.